The average Bonchev–Trinajstić information content (AvgIpc) is 2.35. The van der Waals surface area contributed by atoms with Crippen LogP contribution in [0.25, 0.3) is 0 Å². The van der Waals surface area contributed by atoms with E-state index in [0.717, 1.165) is 16.5 Å². The normalized spacial score (nSPS) is 25.5. The molecule has 106 valence electrons. The molecule has 0 aliphatic carbocycles. The predicted octanol–water partition coefficient (Wildman–Crippen LogP) is 2.12. The van der Waals surface area contributed by atoms with E-state index in [1.165, 1.54) is 4.31 Å². The zero-order chi connectivity index (χ0) is 14.2. The van der Waals surface area contributed by atoms with Crippen molar-refractivity contribution < 1.29 is 8.42 Å². The van der Waals surface area contributed by atoms with Crippen LogP contribution in [0.3, 0.4) is 0 Å². The van der Waals surface area contributed by atoms with Gasteiger partial charge in [-0.1, -0.05) is 28.9 Å². The topological polar surface area (TPSA) is 63.4 Å². The summed E-state index contributed by atoms with van der Waals surface area (Å²) in [5, 5.41) is 0. The van der Waals surface area contributed by atoms with Gasteiger partial charge in [0.25, 0.3) is 0 Å². The lowest BCUT2D eigenvalue weighted by atomic mass is 9.96. The largest absolute Gasteiger partial charge is 0.326 e. The average molecular weight is 347 g/mol. The summed E-state index contributed by atoms with van der Waals surface area (Å²) in [6.45, 7) is 4.82. The fraction of sp³-hybridized carbons (Fsp3) is 0.538. The fourth-order valence-corrected chi connectivity index (χ4v) is 4.53. The quantitative estimate of drug-likeness (QED) is 0.891. The van der Waals surface area contributed by atoms with Crippen LogP contribution in [-0.4, -0.2) is 31.9 Å². The lowest BCUT2D eigenvalue weighted by Gasteiger charge is -2.34. The zero-order valence-electron chi connectivity index (χ0n) is 11.1. The Labute approximate surface area is 123 Å². The minimum Gasteiger partial charge on any atom is -0.326 e. The Hall–Kier alpha value is -0.430. The Kier molecular flexibility index (Phi) is 4.35. The molecule has 2 unspecified atom stereocenters. The lowest BCUT2D eigenvalue weighted by molar-refractivity contribution is 0.253. The summed E-state index contributed by atoms with van der Waals surface area (Å²) in [6, 6.07) is 5.23. The van der Waals surface area contributed by atoms with E-state index >= 15 is 0 Å². The standard InChI is InChI=1S/C13H19BrN2O2S/c1-9-5-6-16(8-12(9)15)19(17,18)13-7-11(14)4-3-10(13)2/h3-4,7,9,12H,5-6,8,15H2,1-2H3. The van der Waals surface area contributed by atoms with Gasteiger partial charge in [-0.2, -0.15) is 4.31 Å². The predicted molar refractivity (Wildman–Crippen MR) is 79.4 cm³/mol. The number of nitrogens with zero attached hydrogens (tertiary/aromatic N) is 1. The number of halogens is 1. The number of nitrogens with two attached hydrogens (primary N) is 1. The number of aryl methyl sites for hydroxylation is 1. The molecule has 2 atom stereocenters. The van der Waals surface area contributed by atoms with Gasteiger partial charge < -0.3 is 5.73 Å². The molecule has 0 spiro atoms. The first kappa shape index (κ1) is 15.0. The molecule has 1 aliphatic rings. The van der Waals surface area contributed by atoms with Crippen molar-refractivity contribution in [2.75, 3.05) is 13.1 Å². The SMILES string of the molecule is Cc1ccc(Br)cc1S(=O)(=O)N1CCC(C)C(N)C1. The molecule has 1 aromatic carbocycles. The summed E-state index contributed by atoms with van der Waals surface area (Å²) in [5.74, 6) is 0.370. The van der Waals surface area contributed by atoms with Crippen molar-refractivity contribution in [3.8, 4) is 0 Å². The highest BCUT2D eigenvalue weighted by Crippen LogP contribution is 2.27. The van der Waals surface area contributed by atoms with Gasteiger partial charge in [0.2, 0.25) is 10.0 Å². The van der Waals surface area contributed by atoms with Crippen LogP contribution in [0.5, 0.6) is 0 Å². The highest BCUT2D eigenvalue weighted by atomic mass is 79.9. The van der Waals surface area contributed by atoms with Gasteiger partial charge in [0, 0.05) is 23.6 Å². The summed E-state index contributed by atoms with van der Waals surface area (Å²) in [6.07, 6.45) is 0.813. The molecule has 1 aromatic rings. The molecule has 0 saturated carbocycles. The second-order valence-electron chi connectivity index (χ2n) is 5.20. The molecule has 6 heteroatoms. The van der Waals surface area contributed by atoms with Gasteiger partial charge in [0.15, 0.2) is 0 Å². The van der Waals surface area contributed by atoms with Crippen LogP contribution in [0.4, 0.5) is 0 Å². The summed E-state index contributed by atoms with van der Waals surface area (Å²) in [5.41, 5.74) is 6.76. The Balaban J connectivity index is 2.35. The van der Waals surface area contributed by atoms with Crippen molar-refractivity contribution >= 4 is 26.0 Å². The summed E-state index contributed by atoms with van der Waals surface area (Å²) in [4.78, 5) is 0.364. The van der Waals surface area contributed by atoms with Crippen LogP contribution in [0.15, 0.2) is 27.6 Å². The van der Waals surface area contributed by atoms with Gasteiger partial charge in [-0.15, -0.1) is 0 Å². The minimum atomic E-state index is -3.45. The van der Waals surface area contributed by atoms with Crippen molar-refractivity contribution in [1.29, 1.82) is 0 Å². The van der Waals surface area contributed by atoms with Crippen molar-refractivity contribution in [2.24, 2.45) is 11.7 Å². The molecule has 2 rings (SSSR count). The van der Waals surface area contributed by atoms with Crippen molar-refractivity contribution in [3.63, 3.8) is 0 Å². The van der Waals surface area contributed by atoms with Crippen LogP contribution in [-0.2, 0) is 10.0 Å². The van der Waals surface area contributed by atoms with Crippen LogP contribution >= 0.6 is 15.9 Å². The maximum absolute atomic E-state index is 12.7. The molecule has 0 radical (unpaired) electrons. The Morgan fingerprint density at radius 2 is 2.11 bits per heavy atom. The second-order valence-corrected chi connectivity index (χ2v) is 8.02. The van der Waals surface area contributed by atoms with Gasteiger partial charge in [0.05, 0.1) is 4.90 Å². The third-order valence-corrected chi connectivity index (χ3v) is 6.25. The number of hydrogen-bond donors (Lipinski definition) is 1. The Morgan fingerprint density at radius 3 is 2.74 bits per heavy atom. The monoisotopic (exact) mass is 346 g/mol. The van der Waals surface area contributed by atoms with E-state index < -0.39 is 10.0 Å². The molecule has 19 heavy (non-hydrogen) atoms. The molecule has 2 N–H and O–H groups in total. The molecule has 4 nitrogen and oxygen atoms in total. The van der Waals surface area contributed by atoms with Crippen molar-refractivity contribution in [3.05, 3.63) is 28.2 Å². The highest BCUT2D eigenvalue weighted by molar-refractivity contribution is 9.10. The Morgan fingerprint density at radius 1 is 1.42 bits per heavy atom. The van der Waals surface area contributed by atoms with Crippen molar-refractivity contribution in [1.82, 2.24) is 4.31 Å². The smallest absolute Gasteiger partial charge is 0.243 e. The number of rotatable bonds is 2. The van der Waals surface area contributed by atoms with Crippen LogP contribution < -0.4 is 5.73 Å². The lowest BCUT2D eigenvalue weighted by Crippen LogP contribution is -2.49. The third-order valence-electron chi connectivity index (χ3n) is 3.75. The minimum absolute atomic E-state index is 0.0871. The molecule has 1 fully saturated rings. The first-order valence-corrected chi connectivity index (χ1v) is 8.57. The number of sulfonamides is 1. The maximum atomic E-state index is 12.7. The molecule has 0 amide bonds. The molecular weight excluding hydrogens is 328 g/mol. The highest BCUT2D eigenvalue weighted by Gasteiger charge is 2.32. The Bertz CT molecular complexity index is 574. The zero-order valence-corrected chi connectivity index (χ0v) is 13.5. The molecule has 1 heterocycles. The van der Waals surface area contributed by atoms with Gasteiger partial charge in [-0.3, -0.25) is 0 Å². The van der Waals surface area contributed by atoms with Gasteiger partial charge in [-0.05, 0) is 37.0 Å². The van der Waals surface area contributed by atoms with E-state index in [-0.39, 0.29) is 6.04 Å². The summed E-state index contributed by atoms with van der Waals surface area (Å²) < 4.78 is 27.6. The van der Waals surface area contributed by atoms with Gasteiger partial charge in [0.1, 0.15) is 0 Å². The van der Waals surface area contributed by atoms with E-state index in [0.29, 0.717) is 23.9 Å². The first-order valence-electron chi connectivity index (χ1n) is 6.34. The fourth-order valence-electron chi connectivity index (χ4n) is 2.28. The summed E-state index contributed by atoms with van der Waals surface area (Å²) in [7, 11) is -3.45. The molecule has 1 aliphatic heterocycles. The van der Waals surface area contributed by atoms with E-state index in [2.05, 4.69) is 22.9 Å². The number of benzene rings is 1. The van der Waals surface area contributed by atoms with E-state index in [4.69, 9.17) is 5.73 Å². The first-order chi connectivity index (χ1) is 8.82. The summed E-state index contributed by atoms with van der Waals surface area (Å²) >= 11 is 3.33. The van der Waals surface area contributed by atoms with Crippen LogP contribution in [0.2, 0.25) is 0 Å². The van der Waals surface area contributed by atoms with E-state index in [1.807, 2.05) is 19.1 Å². The molecule has 0 aromatic heterocycles. The van der Waals surface area contributed by atoms with Crippen molar-refractivity contribution in [2.45, 2.75) is 31.2 Å². The van der Waals surface area contributed by atoms with E-state index in [1.54, 1.807) is 6.07 Å². The number of hydrogen-bond acceptors (Lipinski definition) is 3. The van der Waals surface area contributed by atoms with E-state index in [9.17, 15) is 8.42 Å². The van der Waals surface area contributed by atoms with Crippen LogP contribution in [0.1, 0.15) is 18.9 Å². The van der Waals surface area contributed by atoms with Crippen LogP contribution in [0, 0.1) is 12.8 Å². The third kappa shape index (κ3) is 3.02. The van der Waals surface area contributed by atoms with Gasteiger partial charge in [-0.25, -0.2) is 8.42 Å². The molecule has 1 saturated heterocycles. The second kappa shape index (κ2) is 5.52. The van der Waals surface area contributed by atoms with Gasteiger partial charge >= 0.3 is 0 Å². The maximum Gasteiger partial charge on any atom is 0.243 e. The number of piperidine rings is 1. The molecule has 0 bridgehead atoms. The molecular formula is C13H19BrN2O2S.